The number of hydrogen-bond acceptors (Lipinski definition) is 6. The fourth-order valence-corrected chi connectivity index (χ4v) is 6.17. The number of ether oxygens (including phenoxy) is 3. The average molecular weight is 580 g/mol. The molecule has 4 atom stereocenters. The molecule has 0 bridgehead atoms. The number of benzene rings is 4. The molecule has 4 unspecified atom stereocenters. The number of likely N-dealkylation sites (tertiary alicyclic amines) is 1. The number of rotatable bonds is 9. The Labute approximate surface area is 250 Å². The van der Waals surface area contributed by atoms with Gasteiger partial charge < -0.3 is 24.2 Å². The molecule has 43 heavy (non-hydrogen) atoms. The Bertz CT molecular complexity index is 1600. The normalized spacial score (nSPS) is 21.2. The van der Waals surface area contributed by atoms with Crippen molar-refractivity contribution >= 4 is 17.7 Å². The molecular formula is C35H33NO7. The Morgan fingerprint density at radius 1 is 0.651 bits per heavy atom. The molecule has 1 N–H and O–H groups in total. The van der Waals surface area contributed by atoms with Crippen LogP contribution in [-0.4, -0.2) is 54.5 Å². The molecule has 1 amide bonds. The molecule has 1 aliphatic heterocycles. The second-order valence-electron chi connectivity index (χ2n) is 10.6. The number of methoxy groups -OCH3 is 3. The maximum atomic E-state index is 14.7. The quantitative estimate of drug-likeness (QED) is 0.241. The maximum absolute atomic E-state index is 14.7. The number of carbonyl (C=O) groups is 3. The van der Waals surface area contributed by atoms with E-state index < -0.39 is 35.3 Å². The van der Waals surface area contributed by atoms with E-state index in [2.05, 4.69) is 0 Å². The van der Waals surface area contributed by atoms with Gasteiger partial charge in [-0.05, 0) is 78.7 Å². The molecule has 1 fully saturated rings. The van der Waals surface area contributed by atoms with Crippen molar-refractivity contribution in [3.63, 3.8) is 0 Å². The molecule has 4 aromatic rings. The minimum atomic E-state index is -1.82. The Hall–Kier alpha value is -5.11. The van der Waals surface area contributed by atoms with E-state index in [1.165, 1.54) is 11.8 Å². The molecule has 0 radical (unpaired) electrons. The molecule has 0 aromatic heterocycles. The lowest BCUT2D eigenvalue weighted by Crippen LogP contribution is -2.54. The highest BCUT2D eigenvalue weighted by Crippen LogP contribution is 2.57. The van der Waals surface area contributed by atoms with Gasteiger partial charge >= 0.3 is 5.97 Å². The summed E-state index contributed by atoms with van der Waals surface area (Å²) in [5.41, 5.74) is 0.0859. The van der Waals surface area contributed by atoms with Gasteiger partial charge in [-0.3, -0.25) is 9.59 Å². The Morgan fingerprint density at radius 3 is 1.58 bits per heavy atom. The van der Waals surface area contributed by atoms with Crippen molar-refractivity contribution in [1.29, 1.82) is 0 Å². The van der Waals surface area contributed by atoms with Crippen LogP contribution in [0.15, 0.2) is 103 Å². The minimum absolute atomic E-state index is 0.292. The number of nitrogens with zero attached hydrogens (tertiary/aromatic N) is 1. The first-order chi connectivity index (χ1) is 20.7. The molecule has 5 rings (SSSR count). The third kappa shape index (κ3) is 5.20. The summed E-state index contributed by atoms with van der Waals surface area (Å²) in [4.78, 5) is 43.9. The third-order valence-electron chi connectivity index (χ3n) is 8.37. The molecule has 4 aromatic carbocycles. The second-order valence-corrected chi connectivity index (χ2v) is 10.6. The van der Waals surface area contributed by atoms with Crippen LogP contribution in [0.4, 0.5) is 0 Å². The number of carbonyl (C=O) groups excluding carboxylic acids is 2. The molecule has 0 aliphatic carbocycles. The van der Waals surface area contributed by atoms with Crippen LogP contribution in [0.25, 0.3) is 0 Å². The Kier molecular flexibility index (Phi) is 8.21. The van der Waals surface area contributed by atoms with Crippen LogP contribution in [0, 0.1) is 5.92 Å². The van der Waals surface area contributed by atoms with Crippen molar-refractivity contribution in [2.45, 2.75) is 24.4 Å². The minimum Gasteiger partial charge on any atom is -0.497 e. The van der Waals surface area contributed by atoms with Gasteiger partial charge in [0.1, 0.15) is 22.8 Å². The highest BCUT2D eigenvalue weighted by molar-refractivity contribution is 6.04. The van der Waals surface area contributed by atoms with Gasteiger partial charge in [-0.2, -0.15) is 0 Å². The smallest absolute Gasteiger partial charge is 0.330 e. The first-order valence-electron chi connectivity index (χ1n) is 13.8. The largest absolute Gasteiger partial charge is 0.497 e. The fraction of sp³-hybridized carbons (Fsp3) is 0.229. The number of carboxylic acids is 1. The lowest BCUT2D eigenvalue weighted by atomic mass is 9.71. The van der Waals surface area contributed by atoms with Gasteiger partial charge in [0, 0.05) is 17.0 Å². The van der Waals surface area contributed by atoms with Crippen molar-refractivity contribution < 1.29 is 33.7 Å². The summed E-state index contributed by atoms with van der Waals surface area (Å²) in [5, 5.41) is 11.0. The molecule has 0 saturated carbocycles. The first kappa shape index (κ1) is 29.4. The molecule has 0 spiro atoms. The van der Waals surface area contributed by atoms with Gasteiger partial charge in [0.2, 0.25) is 0 Å². The predicted molar refractivity (Wildman–Crippen MR) is 161 cm³/mol. The summed E-state index contributed by atoms with van der Waals surface area (Å²) < 4.78 is 16.0. The zero-order valence-electron chi connectivity index (χ0n) is 24.4. The highest BCUT2D eigenvalue weighted by Gasteiger charge is 2.64. The fourth-order valence-electron chi connectivity index (χ4n) is 6.17. The van der Waals surface area contributed by atoms with E-state index in [1.54, 1.807) is 124 Å². The highest BCUT2D eigenvalue weighted by atomic mass is 16.5. The topological polar surface area (TPSA) is 102 Å². The third-order valence-corrected chi connectivity index (χ3v) is 8.37. The summed E-state index contributed by atoms with van der Waals surface area (Å²) in [5.74, 6) is -2.14. The van der Waals surface area contributed by atoms with Crippen molar-refractivity contribution in [3.8, 4) is 17.2 Å². The van der Waals surface area contributed by atoms with Crippen molar-refractivity contribution in [2.24, 2.45) is 5.92 Å². The van der Waals surface area contributed by atoms with Crippen molar-refractivity contribution in [1.82, 2.24) is 4.90 Å². The Morgan fingerprint density at radius 2 is 1.12 bits per heavy atom. The summed E-state index contributed by atoms with van der Waals surface area (Å²) >= 11 is 0. The summed E-state index contributed by atoms with van der Waals surface area (Å²) in [6, 6.07) is 28.4. The number of hydrogen-bond donors (Lipinski definition) is 1. The van der Waals surface area contributed by atoms with Crippen LogP contribution in [0.5, 0.6) is 17.2 Å². The van der Waals surface area contributed by atoms with Crippen LogP contribution in [0.3, 0.4) is 0 Å². The van der Waals surface area contributed by atoms with Gasteiger partial charge in [-0.25, -0.2) is 4.79 Å². The molecule has 220 valence electrons. The molecular weight excluding hydrogens is 546 g/mol. The number of Topliss-reactive ketones (excluding diaryl/α,β-unsaturated/α-hetero) is 1. The summed E-state index contributed by atoms with van der Waals surface area (Å²) in [7, 11) is 4.63. The standard InChI is InChI=1S/C35H33NO7/c1-35(34(39)40)30(22-10-16-26(41-2)17-11-22)29(32(37)24-14-20-28(43-4)21-15-24)31(23-12-18-27(42-3)19-13-23)36(35)33(38)25-8-6-5-7-9-25/h5-21,29-31H,1-4H3,(H,39,40). The monoisotopic (exact) mass is 579 g/mol. The van der Waals surface area contributed by atoms with E-state index in [-0.39, 0.29) is 5.78 Å². The molecule has 1 saturated heterocycles. The molecule has 8 heteroatoms. The van der Waals surface area contributed by atoms with Crippen LogP contribution in [0.2, 0.25) is 0 Å². The van der Waals surface area contributed by atoms with E-state index in [0.717, 1.165) is 0 Å². The number of aliphatic carboxylic acids is 1. The van der Waals surface area contributed by atoms with Crippen LogP contribution >= 0.6 is 0 Å². The summed E-state index contributed by atoms with van der Waals surface area (Å²) in [6.45, 7) is 1.53. The lowest BCUT2D eigenvalue weighted by Gasteiger charge is -2.38. The van der Waals surface area contributed by atoms with Crippen LogP contribution < -0.4 is 14.2 Å². The SMILES string of the molecule is COc1ccc(C(=O)C2C(c3ccc(OC)cc3)N(C(=O)c3ccccc3)C(C)(C(=O)O)C2c2ccc(OC)cc2)cc1. The van der Waals surface area contributed by atoms with Crippen LogP contribution in [-0.2, 0) is 4.79 Å². The molecule has 8 nitrogen and oxygen atoms in total. The number of ketones is 1. The van der Waals surface area contributed by atoms with E-state index in [1.807, 2.05) is 0 Å². The van der Waals surface area contributed by atoms with Gasteiger partial charge in [-0.15, -0.1) is 0 Å². The van der Waals surface area contributed by atoms with Gasteiger partial charge in [0.25, 0.3) is 5.91 Å². The van der Waals surface area contributed by atoms with E-state index >= 15 is 0 Å². The number of amides is 1. The van der Waals surface area contributed by atoms with Crippen molar-refractivity contribution in [3.05, 3.63) is 125 Å². The van der Waals surface area contributed by atoms with E-state index in [4.69, 9.17) is 14.2 Å². The first-order valence-corrected chi connectivity index (χ1v) is 13.8. The lowest BCUT2D eigenvalue weighted by molar-refractivity contribution is -0.148. The summed E-state index contributed by atoms with van der Waals surface area (Å²) in [6.07, 6.45) is 0. The van der Waals surface area contributed by atoms with Crippen LogP contribution in [0.1, 0.15) is 50.7 Å². The zero-order chi connectivity index (χ0) is 30.7. The van der Waals surface area contributed by atoms with E-state index in [0.29, 0.717) is 39.5 Å². The predicted octanol–water partition coefficient (Wildman–Crippen LogP) is 6.04. The molecule has 1 heterocycles. The molecule has 1 aliphatic rings. The average Bonchev–Trinajstić information content (AvgIpc) is 3.34. The van der Waals surface area contributed by atoms with Crippen molar-refractivity contribution in [2.75, 3.05) is 21.3 Å². The van der Waals surface area contributed by atoms with Gasteiger partial charge in [0.15, 0.2) is 5.78 Å². The number of carboxylic acid groups (broad SMARTS) is 1. The maximum Gasteiger partial charge on any atom is 0.330 e. The van der Waals surface area contributed by atoms with Gasteiger partial charge in [-0.1, -0.05) is 42.5 Å². The zero-order valence-corrected chi connectivity index (χ0v) is 24.4. The van der Waals surface area contributed by atoms with E-state index in [9.17, 15) is 19.5 Å². The Balaban J connectivity index is 1.80. The van der Waals surface area contributed by atoms with Gasteiger partial charge in [0.05, 0.1) is 33.3 Å². The second kappa shape index (κ2) is 12.0.